The number of benzene rings is 2. The predicted octanol–water partition coefficient (Wildman–Crippen LogP) is 6.28. The summed E-state index contributed by atoms with van der Waals surface area (Å²) in [6.45, 7) is 3.89. The van der Waals surface area contributed by atoms with E-state index in [0.29, 0.717) is 44.3 Å². The third-order valence-corrected chi connectivity index (χ3v) is 12.6. The van der Waals surface area contributed by atoms with E-state index in [9.17, 15) is 28.8 Å². The number of nitrogens with zero attached hydrogens (tertiary/aromatic N) is 2. The average Bonchev–Trinajstić information content (AvgIpc) is 4.02. The van der Waals surface area contributed by atoms with E-state index in [-0.39, 0.29) is 58.0 Å². The van der Waals surface area contributed by atoms with Gasteiger partial charge >= 0.3 is 11.9 Å². The van der Waals surface area contributed by atoms with Crippen LogP contribution in [-0.4, -0.2) is 112 Å². The molecular formula is C48H62F2N6O8. The fraction of sp³-hybridized carbons (Fsp3) is 0.542. The van der Waals surface area contributed by atoms with Crippen LogP contribution in [0.4, 0.5) is 8.78 Å². The second-order valence-corrected chi connectivity index (χ2v) is 17.2. The van der Waals surface area contributed by atoms with E-state index in [0.717, 1.165) is 0 Å². The molecular weight excluding hydrogens is 827 g/mol. The fourth-order valence-electron chi connectivity index (χ4n) is 9.18. The number of Topliss-reactive ketones (excluding diaryl/α,β-unsaturated/α-hetero) is 1. The second kappa shape index (κ2) is 20.5. The Balaban J connectivity index is 1.41. The molecule has 0 spiro atoms. The number of halogens is 2. The number of fused-ring (bicyclic) bond motifs is 2. The minimum absolute atomic E-state index is 0.00665. The number of nitrogens with one attached hydrogen (secondary N) is 4. The van der Waals surface area contributed by atoms with Crippen LogP contribution in [0.2, 0.25) is 0 Å². The Morgan fingerprint density at radius 3 is 1.75 bits per heavy atom. The molecule has 0 bridgehead atoms. The number of esters is 2. The van der Waals surface area contributed by atoms with E-state index >= 15 is 8.78 Å². The normalized spacial score (nSPS) is 22.4. The van der Waals surface area contributed by atoms with Crippen LogP contribution in [0, 0.1) is 23.5 Å². The summed E-state index contributed by atoms with van der Waals surface area (Å²) in [5, 5.41) is 6.19. The Morgan fingerprint density at radius 1 is 0.781 bits per heavy atom. The molecule has 4 aromatic rings. The Labute approximate surface area is 381 Å². The van der Waals surface area contributed by atoms with Crippen molar-refractivity contribution in [1.82, 2.24) is 30.4 Å². The number of rotatable bonds is 18. The zero-order valence-corrected chi connectivity index (χ0v) is 37.1. The van der Waals surface area contributed by atoms with Crippen molar-refractivity contribution in [3.05, 3.63) is 59.2 Å². The largest absolute Gasteiger partial charge is 0.461 e. The first-order chi connectivity index (χ1) is 32.7. The first kappa shape index (κ1) is 39.9. The number of H-pyrrole nitrogens is 2. The molecule has 2 fully saturated rings. The van der Waals surface area contributed by atoms with E-state index in [2.05, 4.69) is 20.6 Å². The molecule has 3 amide bonds. The highest BCUT2D eigenvalue weighted by molar-refractivity contribution is 5.97. The van der Waals surface area contributed by atoms with Crippen LogP contribution in [-0.2, 0) is 51.1 Å². The summed E-state index contributed by atoms with van der Waals surface area (Å²) in [5.74, 6) is -5.93. The maximum atomic E-state index is 15.0. The summed E-state index contributed by atoms with van der Waals surface area (Å²) in [7, 11) is 0. The van der Waals surface area contributed by atoms with Gasteiger partial charge in [0, 0.05) is 87.1 Å². The number of amides is 3. The van der Waals surface area contributed by atoms with Gasteiger partial charge in [0.05, 0.1) is 30.5 Å². The van der Waals surface area contributed by atoms with E-state index in [1.807, 2.05) is 0 Å². The van der Waals surface area contributed by atoms with Gasteiger partial charge in [-0.3, -0.25) is 28.8 Å². The number of likely N-dealkylation sites (N-methyl/N-ethyl adjacent to an activating group) is 1. The molecule has 14 nitrogen and oxygen atoms in total. The standard InChI is InChI=1S/C48H62F2N6O8/c1-9-25(4)46(60)54-40(11-3)48(62)56-24-35(64-28(7)58)20-33(56)22-39-37-15-13-31(50)18-42(37)53-45(39)44-38(36-14-12-30(49)17-41(36)52-44)21-32-19-34(63-27(6)57)23-55(32)47(61)29(10-2)16-43(59)26(5)51-8/h12-15,17-18,25-26,29,32-35,40,51-53H,9-11,16,19-24H2,1-8H3,(H,54,60)/t25-,26+,29-,32?,33+,34+,35+,40+/m1/s1/i1D3,8D3. The summed E-state index contributed by atoms with van der Waals surface area (Å²) in [6, 6.07) is 4.99. The Hall–Kier alpha value is -5.64. The molecule has 1 unspecified atom stereocenters. The number of carbonyl (C=O) groups is 6. The lowest BCUT2D eigenvalue weighted by Crippen LogP contribution is -2.51. The van der Waals surface area contributed by atoms with Crippen LogP contribution in [0.15, 0.2) is 36.4 Å². The molecule has 16 heteroatoms. The Bertz CT molecular complexity index is 2440. The van der Waals surface area contributed by atoms with E-state index in [1.54, 1.807) is 30.9 Å². The van der Waals surface area contributed by atoms with Crippen molar-refractivity contribution in [2.75, 3.05) is 20.1 Å². The van der Waals surface area contributed by atoms with E-state index in [1.165, 1.54) is 56.9 Å². The molecule has 2 aliphatic rings. The number of hydrogen-bond donors (Lipinski definition) is 4. The number of hydrogen-bond acceptors (Lipinski definition) is 9. The van der Waals surface area contributed by atoms with Gasteiger partial charge in [0.1, 0.15) is 35.7 Å². The third kappa shape index (κ3) is 10.5. The minimum atomic E-state index is -2.58. The number of ketones is 1. The summed E-state index contributed by atoms with van der Waals surface area (Å²) in [4.78, 5) is 90.0. The fourth-order valence-corrected chi connectivity index (χ4v) is 9.18. The van der Waals surface area contributed by atoms with Gasteiger partial charge in [-0.05, 0) is 93.5 Å². The Kier molecular flexibility index (Phi) is 12.8. The van der Waals surface area contributed by atoms with Crippen molar-refractivity contribution >= 4 is 57.2 Å². The molecule has 2 saturated heterocycles. The smallest absolute Gasteiger partial charge is 0.302 e. The van der Waals surface area contributed by atoms with Gasteiger partial charge < -0.3 is 39.9 Å². The maximum absolute atomic E-state index is 15.0. The van der Waals surface area contributed by atoms with Gasteiger partial charge in [-0.25, -0.2) is 8.78 Å². The van der Waals surface area contributed by atoms with Crippen molar-refractivity contribution in [2.24, 2.45) is 11.8 Å². The summed E-state index contributed by atoms with van der Waals surface area (Å²) >= 11 is 0. The highest BCUT2D eigenvalue weighted by Crippen LogP contribution is 2.40. The number of aromatic amines is 2. The molecule has 0 radical (unpaired) electrons. The van der Waals surface area contributed by atoms with Crippen LogP contribution < -0.4 is 10.6 Å². The van der Waals surface area contributed by atoms with Crippen LogP contribution >= 0.6 is 0 Å². The number of carbonyl (C=O) groups excluding carboxylic acids is 6. The summed E-state index contributed by atoms with van der Waals surface area (Å²) in [6.07, 6.45) is -1.07. The monoisotopic (exact) mass is 894 g/mol. The van der Waals surface area contributed by atoms with Crippen LogP contribution in [0.5, 0.6) is 0 Å². The van der Waals surface area contributed by atoms with E-state index in [4.69, 9.17) is 17.7 Å². The quantitative estimate of drug-likeness (QED) is 0.0836. The lowest BCUT2D eigenvalue weighted by molar-refractivity contribution is -0.147. The van der Waals surface area contributed by atoms with Gasteiger partial charge in [0.15, 0.2) is 0 Å². The topological polar surface area (TPSA) is 183 Å². The van der Waals surface area contributed by atoms with Crippen LogP contribution in [0.25, 0.3) is 33.2 Å². The van der Waals surface area contributed by atoms with Gasteiger partial charge in [-0.2, -0.15) is 0 Å². The first-order valence-corrected chi connectivity index (χ1v) is 21.9. The molecule has 64 heavy (non-hydrogen) atoms. The zero-order chi connectivity index (χ0) is 51.6. The molecule has 2 aromatic carbocycles. The molecule has 0 saturated carbocycles. The number of likely N-dealkylation sites (tertiary alicyclic amines) is 2. The highest BCUT2D eigenvalue weighted by Gasteiger charge is 2.43. The lowest BCUT2D eigenvalue weighted by atomic mass is 9.93. The summed E-state index contributed by atoms with van der Waals surface area (Å²) < 4.78 is 86.9. The molecule has 8 atom stereocenters. The van der Waals surface area contributed by atoms with E-state index < -0.39 is 116 Å². The number of aromatic nitrogens is 2. The predicted molar refractivity (Wildman–Crippen MR) is 238 cm³/mol. The maximum Gasteiger partial charge on any atom is 0.302 e. The zero-order valence-electron chi connectivity index (χ0n) is 43.1. The highest BCUT2D eigenvalue weighted by atomic mass is 19.1. The molecule has 4 heterocycles. The van der Waals surface area contributed by atoms with Crippen molar-refractivity contribution in [1.29, 1.82) is 0 Å². The molecule has 6 rings (SSSR count). The molecule has 346 valence electrons. The molecule has 4 N–H and O–H groups in total. The van der Waals surface area contributed by atoms with Crippen molar-refractivity contribution < 1.29 is 55.2 Å². The van der Waals surface area contributed by atoms with Gasteiger partial charge in [-0.1, -0.05) is 27.6 Å². The lowest BCUT2D eigenvalue weighted by Gasteiger charge is -2.29. The number of ether oxygens (including phenoxy) is 2. The van der Waals surface area contributed by atoms with Crippen molar-refractivity contribution in [3.8, 4) is 11.4 Å². The molecule has 0 aliphatic carbocycles. The van der Waals surface area contributed by atoms with Crippen molar-refractivity contribution in [3.63, 3.8) is 0 Å². The summed E-state index contributed by atoms with van der Waals surface area (Å²) in [5.41, 5.74) is 2.92. The van der Waals surface area contributed by atoms with Gasteiger partial charge in [0.25, 0.3) is 0 Å². The average molecular weight is 895 g/mol. The van der Waals surface area contributed by atoms with Crippen LogP contribution in [0.1, 0.15) is 106 Å². The molecule has 2 aliphatic heterocycles. The third-order valence-electron chi connectivity index (χ3n) is 12.6. The molecule has 2 aromatic heterocycles. The van der Waals surface area contributed by atoms with Crippen molar-refractivity contribution in [2.45, 2.75) is 136 Å². The SMILES string of the molecule is [2H]C([2H])([2H])C[C@@H](C)C(=O)N[C@@H](CC)C(=O)N1C[C@@H](OC(C)=O)C[C@H]1Cc1c(-c2[nH]c3cc(F)ccc3c2CC2C[C@H](OC(C)=O)CN2C(=O)[C@H](CC)CC(=O)[C@H](C)NC([2H])([2H])[2H])[nH]c2cc(F)ccc12. The second-order valence-electron chi connectivity index (χ2n) is 17.2. The van der Waals surface area contributed by atoms with Crippen LogP contribution in [0.3, 0.4) is 0 Å². The first-order valence-electron chi connectivity index (χ1n) is 24.9. The Morgan fingerprint density at radius 2 is 1.30 bits per heavy atom. The van der Waals surface area contributed by atoms with Gasteiger partial charge in [0.2, 0.25) is 17.7 Å². The minimum Gasteiger partial charge on any atom is -0.461 e. The van der Waals surface area contributed by atoms with Gasteiger partial charge in [-0.15, -0.1) is 0 Å².